The van der Waals surface area contributed by atoms with E-state index < -0.39 is 5.54 Å². The Kier molecular flexibility index (Phi) is 10.8. The van der Waals surface area contributed by atoms with Gasteiger partial charge in [-0.3, -0.25) is 9.59 Å². The number of unbranched alkanes of at least 4 members (excludes halogenated alkanes) is 5. The molecular weight excluding hydrogens is 338 g/mol. The summed E-state index contributed by atoms with van der Waals surface area (Å²) >= 11 is 0. The number of ether oxygens (including phenoxy) is 1. The lowest BCUT2D eigenvalue weighted by atomic mass is 9.93. The van der Waals surface area contributed by atoms with Gasteiger partial charge in [0.15, 0.2) is 0 Å². The Morgan fingerprint density at radius 3 is 2.04 bits per heavy atom. The summed E-state index contributed by atoms with van der Waals surface area (Å²) in [5, 5.41) is 2.93. The second kappa shape index (κ2) is 12.5. The zero-order chi connectivity index (χ0) is 20.1. The number of carbonyl (C=O) groups excluding carboxylic acids is 2. The largest absolute Gasteiger partial charge is 0.463 e. The Balaban J connectivity index is 2.45. The molecule has 1 rings (SSSR count). The molecule has 1 aromatic rings. The molecule has 4 nitrogen and oxygen atoms in total. The highest BCUT2D eigenvalue weighted by molar-refractivity contribution is 5.74. The first-order chi connectivity index (χ1) is 12.8. The highest BCUT2D eigenvalue weighted by Crippen LogP contribution is 2.17. The predicted molar refractivity (Wildman–Crippen MR) is 111 cm³/mol. The second-order valence-corrected chi connectivity index (χ2v) is 7.86. The second-order valence-electron chi connectivity index (χ2n) is 7.86. The molecule has 0 saturated heterocycles. The van der Waals surface area contributed by atoms with Gasteiger partial charge in [-0.2, -0.15) is 0 Å². The van der Waals surface area contributed by atoms with Crippen molar-refractivity contribution in [3.05, 3.63) is 35.4 Å². The summed E-state index contributed by atoms with van der Waals surface area (Å²) in [6, 6.07) is 8.77. The smallest absolute Gasteiger partial charge is 0.302 e. The van der Waals surface area contributed by atoms with E-state index in [1.807, 2.05) is 6.92 Å². The molecule has 0 aliphatic rings. The molecule has 27 heavy (non-hydrogen) atoms. The molecule has 1 unspecified atom stereocenters. The maximum Gasteiger partial charge on any atom is 0.302 e. The van der Waals surface area contributed by atoms with Crippen LogP contribution in [-0.4, -0.2) is 24.0 Å². The van der Waals surface area contributed by atoms with Crippen LogP contribution in [0.5, 0.6) is 0 Å². The molecule has 0 aliphatic carbocycles. The molecule has 1 N–H and O–H groups in total. The van der Waals surface area contributed by atoms with Crippen molar-refractivity contribution < 1.29 is 14.3 Å². The highest BCUT2D eigenvalue weighted by Gasteiger charge is 2.26. The molecule has 0 heterocycles. The molecule has 1 aromatic carbocycles. The minimum absolute atomic E-state index is 0.112. The van der Waals surface area contributed by atoms with E-state index in [0.717, 1.165) is 19.3 Å². The Hall–Kier alpha value is -1.84. The molecule has 0 saturated carbocycles. The van der Waals surface area contributed by atoms with Crippen molar-refractivity contribution in [3.63, 3.8) is 0 Å². The topological polar surface area (TPSA) is 55.4 Å². The van der Waals surface area contributed by atoms with Crippen LogP contribution in [0.25, 0.3) is 0 Å². The number of amides is 1. The number of rotatable bonds is 13. The monoisotopic (exact) mass is 375 g/mol. The molecule has 0 aromatic heterocycles. The van der Waals surface area contributed by atoms with Crippen LogP contribution in [-0.2, 0) is 27.2 Å². The van der Waals surface area contributed by atoms with Gasteiger partial charge in [-0.25, -0.2) is 0 Å². The van der Waals surface area contributed by atoms with Gasteiger partial charge in [0, 0.05) is 13.8 Å². The average Bonchev–Trinajstić information content (AvgIpc) is 2.62. The molecular formula is C23H37NO3. The van der Waals surface area contributed by atoms with Gasteiger partial charge < -0.3 is 10.1 Å². The maximum absolute atomic E-state index is 11.5. The fourth-order valence-corrected chi connectivity index (χ4v) is 3.26. The summed E-state index contributed by atoms with van der Waals surface area (Å²) in [5.41, 5.74) is 2.08. The summed E-state index contributed by atoms with van der Waals surface area (Å²) < 4.78 is 5.14. The first kappa shape index (κ1) is 23.2. The van der Waals surface area contributed by atoms with Gasteiger partial charge in [-0.1, -0.05) is 63.3 Å². The Morgan fingerprint density at radius 1 is 0.926 bits per heavy atom. The fourth-order valence-electron chi connectivity index (χ4n) is 3.26. The van der Waals surface area contributed by atoms with E-state index in [0.29, 0.717) is 0 Å². The lowest BCUT2D eigenvalue weighted by Gasteiger charge is -2.30. The molecule has 0 bridgehead atoms. The van der Waals surface area contributed by atoms with Crippen molar-refractivity contribution in [1.29, 1.82) is 0 Å². The van der Waals surface area contributed by atoms with Crippen LogP contribution < -0.4 is 5.32 Å². The molecule has 1 amide bonds. The summed E-state index contributed by atoms with van der Waals surface area (Å²) in [6.07, 6.45) is 10.6. The van der Waals surface area contributed by atoms with Crippen LogP contribution >= 0.6 is 0 Å². The van der Waals surface area contributed by atoms with E-state index in [1.54, 1.807) is 0 Å². The van der Waals surface area contributed by atoms with E-state index >= 15 is 0 Å². The molecule has 0 spiro atoms. The number of hydrogen-bond donors (Lipinski definition) is 1. The van der Waals surface area contributed by atoms with E-state index in [2.05, 4.69) is 36.5 Å². The highest BCUT2D eigenvalue weighted by atomic mass is 16.5. The van der Waals surface area contributed by atoms with Gasteiger partial charge >= 0.3 is 5.97 Å². The minimum atomic E-state index is -0.547. The lowest BCUT2D eigenvalue weighted by molar-refractivity contribution is -0.144. The zero-order valence-electron chi connectivity index (χ0n) is 17.6. The third-order valence-corrected chi connectivity index (χ3v) is 4.88. The zero-order valence-corrected chi connectivity index (χ0v) is 17.6. The van der Waals surface area contributed by atoms with Crippen LogP contribution in [0.1, 0.15) is 83.8 Å². The van der Waals surface area contributed by atoms with E-state index in [-0.39, 0.29) is 18.5 Å². The van der Waals surface area contributed by atoms with Crippen LogP contribution in [0, 0.1) is 0 Å². The van der Waals surface area contributed by atoms with E-state index in [9.17, 15) is 9.59 Å². The third kappa shape index (κ3) is 10.8. The number of benzene rings is 1. The van der Waals surface area contributed by atoms with Crippen molar-refractivity contribution >= 4 is 11.9 Å². The number of nitrogens with one attached hydrogen (secondary N) is 1. The van der Waals surface area contributed by atoms with Crippen LogP contribution in [0.3, 0.4) is 0 Å². The number of carbonyl (C=O) groups is 2. The van der Waals surface area contributed by atoms with Crippen molar-refractivity contribution in [2.24, 2.45) is 0 Å². The quantitative estimate of drug-likeness (QED) is 0.391. The minimum Gasteiger partial charge on any atom is -0.463 e. The molecule has 152 valence electrons. The van der Waals surface area contributed by atoms with Gasteiger partial charge in [0.25, 0.3) is 0 Å². The fraction of sp³-hybridized carbons (Fsp3) is 0.652. The average molecular weight is 376 g/mol. The van der Waals surface area contributed by atoms with Crippen molar-refractivity contribution in [3.8, 4) is 0 Å². The molecule has 0 aliphatic heterocycles. The summed E-state index contributed by atoms with van der Waals surface area (Å²) in [4.78, 5) is 22.6. The van der Waals surface area contributed by atoms with Crippen LogP contribution in [0.4, 0.5) is 0 Å². The van der Waals surface area contributed by atoms with Gasteiger partial charge in [0.2, 0.25) is 5.91 Å². The Morgan fingerprint density at radius 2 is 1.48 bits per heavy atom. The standard InChI is InChI=1S/C23H37NO3/c1-5-6-7-8-9-10-11-21-12-14-22(15-13-21)16-17-23(4,24-19(2)25)18-27-20(3)26/h12-15H,5-11,16-18H2,1-4H3,(H,24,25). The first-order valence-corrected chi connectivity index (χ1v) is 10.3. The summed E-state index contributed by atoms with van der Waals surface area (Å²) in [5.74, 6) is -0.440. The third-order valence-electron chi connectivity index (χ3n) is 4.88. The van der Waals surface area contributed by atoms with Gasteiger partial charge in [0.05, 0.1) is 5.54 Å². The SMILES string of the molecule is CCCCCCCCc1ccc(CCC(C)(COC(C)=O)NC(C)=O)cc1. The lowest BCUT2D eigenvalue weighted by Crippen LogP contribution is -2.49. The van der Waals surface area contributed by atoms with Crippen molar-refractivity contribution in [2.75, 3.05) is 6.61 Å². The van der Waals surface area contributed by atoms with Gasteiger partial charge in [0.1, 0.15) is 6.61 Å². The molecule has 0 fully saturated rings. The van der Waals surface area contributed by atoms with E-state index in [4.69, 9.17) is 4.74 Å². The van der Waals surface area contributed by atoms with Gasteiger partial charge in [-0.05, 0) is 43.7 Å². The predicted octanol–water partition coefficient (Wildman–Crippen LogP) is 4.98. The number of aryl methyl sites for hydroxylation is 2. The number of hydrogen-bond acceptors (Lipinski definition) is 3. The summed E-state index contributed by atoms with van der Waals surface area (Å²) in [7, 11) is 0. The Bertz CT molecular complexity index is 567. The van der Waals surface area contributed by atoms with Crippen LogP contribution in [0.2, 0.25) is 0 Å². The van der Waals surface area contributed by atoms with Crippen molar-refractivity contribution in [1.82, 2.24) is 5.32 Å². The normalized spacial score (nSPS) is 13.0. The van der Waals surface area contributed by atoms with E-state index in [1.165, 1.54) is 63.5 Å². The van der Waals surface area contributed by atoms with Crippen LogP contribution in [0.15, 0.2) is 24.3 Å². The summed E-state index contributed by atoms with van der Waals surface area (Å²) in [6.45, 7) is 7.23. The van der Waals surface area contributed by atoms with Gasteiger partial charge in [-0.15, -0.1) is 0 Å². The molecule has 4 heteroatoms. The number of esters is 1. The maximum atomic E-state index is 11.5. The molecule has 1 atom stereocenters. The Labute approximate surface area is 165 Å². The molecule has 0 radical (unpaired) electrons. The first-order valence-electron chi connectivity index (χ1n) is 10.3. The van der Waals surface area contributed by atoms with Crippen molar-refractivity contribution in [2.45, 2.75) is 91.0 Å².